The highest BCUT2D eigenvalue weighted by molar-refractivity contribution is 6.05. The fourth-order valence-corrected chi connectivity index (χ4v) is 2.83. The first kappa shape index (κ1) is 16.9. The molecule has 1 aliphatic heterocycles. The van der Waals surface area contributed by atoms with E-state index >= 15 is 0 Å². The quantitative estimate of drug-likeness (QED) is 0.753. The minimum absolute atomic E-state index is 0.0221. The van der Waals surface area contributed by atoms with Crippen molar-refractivity contribution in [2.24, 2.45) is 0 Å². The molecule has 2 amide bonds. The van der Waals surface area contributed by atoms with Gasteiger partial charge in [-0.3, -0.25) is 9.59 Å². The summed E-state index contributed by atoms with van der Waals surface area (Å²) in [6.45, 7) is 3.71. The number of para-hydroxylation sites is 1. The zero-order chi connectivity index (χ0) is 17.8. The number of fused-ring (bicyclic) bond motifs is 1. The zero-order valence-corrected chi connectivity index (χ0v) is 14.4. The lowest BCUT2D eigenvalue weighted by molar-refractivity contribution is 0.0881. The van der Waals surface area contributed by atoms with Gasteiger partial charge in [0.2, 0.25) is 0 Å². The number of nitrogens with one attached hydrogen (secondary N) is 2. The lowest BCUT2D eigenvalue weighted by Crippen LogP contribution is -2.43. The van der Waals surface area contributed by atoms with Crippen LogP contribution in [0.4, 0.5) is 5.69 Å². The second-order valence-corrected chi connectivity index (χ2v) is 6.21. The van der Waals surface area contributed by atoms with Crippen molar-refractivity contribution in [2.45, 2.75) is 25.9 Å². The Kier molecular flexibility index (Phi) is 4.97. The molecule has 25 heavy (non-hydrogen) atoms. The van der Waals surface area contributed by atoms with Crippen LogP contribution in [-0.2, 0) is 6.54 Å². The van der Waals surface area contributed by atoms with Gasteiger partial charge in [0.1, 0.15) is 0 Å². The summed E-state index contributed by atoms with van der Waals surface area (Å²) in [5.41, 5.74) is 1.45. The zero-order valence-electron chi connectivity index (χ0n) is 14.4. The van der Waals surface area contributed by atoms with E-state index in [9.17, 15) is 9.59 Å². The topological polar surface area (TPSA) is 92.2 Å². The van der Waals surface area contributed by atoms with Crippen LogP contribution < -0.4 is 15.5 Å². The van der Waals surface area contributed by atoms with E-state index in [1.807, 2.05) is 44.3 Å². The van der Waals surface area contributed by atoms with Gasteiger partial charge in [0.05, 0.1) is 6.54 Å². The van der Waals surface area contributed by atoms with E-state index in [1.165, 1.54) is 4.68 Å². The van der Waals surface area contributed by atoms with Crippen LogP contribution in [-0.4, -0.2) is 53.0 Å². The van der Waals surface area contributed by atoms with Crippen LogP contribution in [0.15, 0.2) is 30.3 Å². The van der Waals surface area contributed by atoms with Gasteiger partial charge in [-0.2, -0.15) is 0 Å². The van der Waals surface area contributed by atoms with Gasteiger partial charge in [0.25, 0.3) is 11.8 Å². The predicted molar refractivity (Wildman–Crippen MR) is 93.6 cm³/mol. The van der Waals surface area contributed by atoms with Crippen molar-refractivity contribution >= 4 is 17.5 Å². The Labute approximate surface area is 146 Å². The number of rotatable bonds is 6. The molecule has 2 N–H and O–H groups in total. The van der Waals surface area contributed by atoms with Crippen LogP contribution in [0, 0.1) is 0 Å². The van der Waals surface area contributed by atoms with Crippen molar-refractivity contribution in [1.82, 2.24) is 25.6 Å². The normalized spacial score (nSPS) is 16.1. The van der Waals surface area contributed by atoms with Crippen molar-refractivity contribution < 1.29 is 9.59 Å². The van der Waals surface area contributed by atoms with Gasteiger partial charge in [-0.05, 0) is 25.5 Å². The predicted octanol–water partition coefficient (Wildman–Crippen LogP) is 0.666. The minimum Gasteiger partial charge on any atom is -0.375 e. The molecule has 0 unspecified atom stereocenters. The Morgan fingerprint density at radius 3 is 2.92 bits per heavy atom. The molecule has 0 spiro atoms. The van der Waals surface area contributed by atoms with E-state index in [0.717, 1.165) is 18.7 Å². The third-order valence-corrected chi connectivity index (χ3v) is 4.14. The third kappa shape index (κ3) is 3.78. The number of hydrogen-bond donors (Lipinski definition) is 2. The van der Waals surface area contributed by atoms with E-state index in [-0.39, 0.29) is 29.2 Å². The summed E-state index contributed by atoms with van der Waals surface area (Å²) in [6, 6.07) is 10.0. The van der Waals surface area contributed by atoms with E-state index in [4.69, 9.17) is 0 Å². The molecule has 1 atom stereocenters. The smallest absolute Gasteiger partial charge is 0.274 e. The van der Waals surface area contributed by atoms with Crippen LogP contribution in [0.5, 0.6) is 0 Å². The number of amides is 2. The monoisotopic (exact) mass is 342 g/mol. The largest absolute Gasteiger partial charge is 0.375 e. The van der Waals surface area contributed by atoms with Crippen LogP contribution >= 0.6 is 0 Å². The number of hydrogen-bond acceptors (Lipinski definition) is 5. The Balaban J connectivity index is 1.52. The summed E-state index contributed by atoms with van der Waals surface area (Å²) in [6.07, 6.45) is 0.782. The highest BCUT2D eigenvalue weighted by Gasteiger charge is 2.30. The lowest BCUT2D eigenvalue weighted by atomic mass is 10.2. The van der Waals surface area contributed by atoms with Crippen molar-refractivity contribution in [1.29, 1.82) is 0 Å². The number of carbonyl (C=O) groups excluding carboxylic acids is 2. The Morgan fingerprint density at radius 1 is 1.40 bits per heavy atom. The summed E-state index contributed by atoms with van der Waals surface area (Å²) < 4.78 is 1.49. The van der Waals surface area contributed by atoms with E-state index in [0.29, 0.717) is 13.1 Å². The number of nitrogens with zero attached hydrogens (tertiary/aromatic N) is 4. The van der Waals surface area contributed by atoms with Crippen molar-refractivity contribution in [3.05, 3.63) is 41.7 Å². The third-order valence-electron chi connectivity index (χ3n) is 4.14. The minimum atomic E-state index is -0.367. The van der Waals surface area contributed by atoms with Crippen LogP contribution in [0.1, 0.15) is 34.3 Å². The SMILES string of the molecule is C[C@H]1Cn2nnc(C(=O)NCCCN(C)c3ccccc3)c2C(=O)N1. The molecular formula is C17H22N6O2. The van der Waals surface area contributed by atoms with Gasteiger partial charge in [0.15, 0.2) is 11.4 Å². The second-order valence-electron chi connectivity index (χ2n) is 6.21. The molecule has 3 rings (SSSR count). The molecule has 1 aromatic heterocycles. The summed E-state index contributed by atoms with van der Waals surface area (Å²) in [5.74, 6) is -0.675. The highest BCUT2D eigenvalue weighted by Crippen LogP contribution is 2.12. The number of aromatic nitrogens is 3. The molecule has 0 radical (unpaired) electrons. The molecule has 0 fully saturated rings. The summed E-state index contributed by atoms with van der Waals surface area (Å²) in [5, 5.41) is 13.4. The first-order chi connectivity index (χ1) is 12.1. The lowest BCUT2D eigenvalue weighted by Gasteiger charge is -2.20. The Morgan fingerprint density at radius 2 is 2.16 bits per heavy atom. The van der Waals surface area contributed by atoms with E-state index in [2.05, 4.69) is 25.8 Å². The molecule has 0 bridgehead atoms. The van der Waals surface area contributed by atoms with Gasteiger partial charge in [0, 0.05) is 31.9 Å². The molecule has 8 heteroatoms. The van der Waals surface area contributed by atoms with Crippen molar-refractivity contribution in [3.8, 4) is 0 Å². The van der Waals surface area contributed by atoms with Crippen molar-refractivity contribution in [2.75, 3.05) is 25.0 Å². The number of anilines is 1. The number of carbonyl (C=O) groups is 2. The van der Waals surface area contributed by atoms with Gasteiger partial charge >= 0.3 is 0 Å². The fraction of sp³-hybridized carbons (Fsp3) is 0.412. The van der Waals surface area contributed by atoms with Gasteiger partial charge in [-0.15, -0.1) is 5.10 Å². The summed E-state index contributed by atoms with van der Waals surface area (Å²) in [7, 11) is 2.01. The van der Waals surface area contributed by atoms with Gasteiger partial charge in [-0.1, -0.05) is 23.4 Å². The van der Waals surface area contributed by atoms with E-state index in [1.54, 1.807) is 0 Å². The second kappa shape index (κ2) is 7.33. The molecule has 0 aliphatic carbocycles. The molecule has 2 heterocycles. The summed E-state index contributed by atoms with van der Waals surface area (Å²) >= 11 is 0. The maximum Gasteiger partial charge on any atom is 0.274 e. The highest BCUT2D eigenvalue weighted by atomic mass is 16.2. The summed E-state index contributed by atoms with van der Waals surface area (Å²) in [4.78, 5) is 26.5. The maximum atomic E-state index is 12.3. The molecule has 1 aliphatic rings. The van der Waals surface area contributed by atoms with Gasteiger partial charge < -0.3 is 15.5 Å². The molecular weight excluding hydrogens is 320 g/mol. The fourth-order valence-electron chi connectivity index (χ4n) is 2.83. The average molecular weight is 342 g/mol. The standard InChI is InChI=1S/C17H22N6O2/c1-12-11-23-15(17(25)19-12)14(20-21-23)16(24)18-9-6-10-22(2)13-7-4-3-5-8-13/h3-5,7-8,12H,6,9-11H2,1-2H3,(H,18,24)(H,19,25)/t12-/m0/s1. The molecule has 2 aromatic rings. The first-order valence-electron chi connectivity index (χ1n) is 8.35. The molecule has 8 nitrogen and oxygen atoms in total. The first-order valence-corrected chi connectivity index (χ1v) is 8.35. The van der Waals surface area contributed by atoms with Gasteiger partial charge in [-0.25, -0.2) is 4.68 Å². The van der Waals surface area contributed by atoms with Crippen LogP contribution in [0.2, 0.25) is 0 Å². The van der Waals surface area contributed by atoms with E-state index < -0.39 is 0 Å². The average Bonchev–Trinajstić information content (AvgIpc) is 3.03. The molecule has 132 valence electrons. The van der Waals surface area contributed by atoms with Crippen LogP contribution in [0.25, 0.3) is 0 Å². The Hall–Kier alpha value is -2.90. The maximum absolute atomic E-state index is 12.3. The molecule has 1 aromatic carbocycles. The van der Waals surface area contributed by atoms with Crippen LogP contribution in [0.3, 0.4) is 0 Å². The molecule has 0 saturated heterocycles. The Bertz CT molecular complexity index is 758. The van der Waals surface area contributed by atoms with Crippen molar-refractivity contribution in [3.63, 3.8) is 0 Å². The number of benzene rings is 1. The molecule has 0 saturated carbocycles.